The van der Waals surface area contributed by atoms with Crippen molar-refractivity contribution < 1.29 is 23.8 Å². The van der Waals surface area contributed by atoms with Gasteiger partial charge in [-0.15, -0.1) is 0 Å². The number of likely N-dealkylation sites (tertiary alicyclic amines) is 1. The van der Waals surface area contributed by atoms with Crippen molar-refractivity contribution in [1.29, 1.82) is 0 Å². The average molecular weight is 615 g/mol. The van der Waals surface area contributed by atoms with E-state index in [-0.39, 0.29) is 36.4 Å². The third-order valence-electron chi connectivity index (χ3n) is 9.05. The highest BCUT2D eigenvalue weighted by Crippen LogP contribution is 2.30. The van der Waals surface area contributed by atoms with Crippen LogP contribution in [0.2, 0.25) is 0 Å². The van der Waals surface area contributed by atoms with E-state index in [1.54, 1.807) is 24.4 Å². The molecule has 10 nitrogen and oxygen atoms in total. The Morgan fingerprint density at radius 3 is 2.78 bits per heavy atom. The first-order valence-electron chi connectivity index (χ1n) is 15.5. The number of hydrogen-bond donors (Lipinski definition) is 4. The van der Waals surface area contributed by atoms with Crippen LogP contribution in [0.1, 0.15) is 53.7 Å². The van der Waals surface area contributed by atoms with Crippen molar-refractivity contribution in [3.63, 3.8) is 0 Å². The lowest BCUT2D eigenvalue weighted by molar-refractivity contribution is -0.128. The molecule has 2 aliphatic rings. The van der Waals surface area contributed by atoms with Crippen molar-refractivity contribution >= 4 is 22.7 Å². The quantitative estimate of drug-likeness (QED) is 0.223. The van der Waals surface area contributed by atoms with Gasteiger partial charge in [0.15, 0.2) is 0 Å². The largest absolute Gasteiger partial charge is 0.496 e. The van der Waals surface area contributed by atoms with E-state index in [1.165, 1.54) is 13.2 Å². The van der Waals surface area contributed by atoms with Crippen LogP contribution in [-0.4, -0.2) is 75.4 Å². The number of aliphatic hydroxyl groups is 1. The lowest BCUT2D eigenvalue weighted by Gasteiger charge is -2.39. The Labute approximate surface area is 261 Å². The number of halogens is 1. The molecule has 4 atom stereocenters. The number of aromatic amines is 1. The van der Waals surface area contributed by atoms with E-state index in [1.807, 2.05) is 36.1 Å². The number of methoxy groups -OCH3 is 1. The molecule has 236 valence electrons. The summed E-state index contributed by atoms with van der Waals surface area (Å²) in [5.41, 5.74) is 4.21. The van der Waals surface area contributed by atoms with Crippen molar-refractivity contribution in [2.45, 2.75) is 63.8 Å². The number of nitrogens with one attached hydrogen (secondary N) is 3. The van der Waals surface area contributed by atoms with Crippen molar-refractivity contribution in [3.05, 3.63) is 77.4 Å². The van der Waals surface area contributed by atoms with Crippen molar-refractivity contribution in [2.75, 3.05) is 20.2 Å². The molecule has 3 heterocycles. The second-order valence-corrected chi connectivity index (χ2v) is 12.2. The first kappa shape index (κ1) is 30.7. The van der Waals surface area contributed by atoms with Crippen LogP contribution in [0.15, 0.2) is 54.7 Å². The van der Waals surface area contributed by atoms with Gasteiger partial charge in [-0.2, -0.15) is 5.10 Å². The summed E-state index contributed by atoms with van der Waals surface area (Å²) in [5, 5.41) is 24.5. The van der Waals surface area contributed by atoms with E-state index in [9.17, 15) is 14.7 Å². The average Bonchev–Trinajstić information content (AvgIpc) is 3.66. The molecule has 1 aliphatic heterocycles. The lowest BCUT2D eigenvalue weighted by atomic mass is 9.95. The number of nitrogens with zero attached hydrogens (tertiary/aromatic N) is 3. The van der Waals surface area contributed by atoms with E-state index in [0.29, 0.717) is 49.2 Å². The summed E-state index contributed by atoms with van der Waals surface area (Å²) in [5.74, 6) is -0.107. The standard InChI is InChI=1S/C34H39FN6O4/c1-20-14-22(12-13-36-20)32-26-16-23(7-10-29(26)39-40-32)33(43)38-24-8-11-30(34(44)37-17-21-6-9-25(42)15-21)41(18-24)19-27-28(35)4-3-5-31(27)45-2/h3-5,7,10,12-14,16,21,24-25,30,42H,6,8-9,11,15,17-19H2,1-2H3,(H,37,44)(H,38,43)(H,39,40)/t21-,24-,25-,30+/m1/s1. The molecule has 6 rings (SSSR count). The van der Waals surface area contributed by atoms with Crippen LogP contribution in [-0.2, 0) is 11.3 Å². The van der Waals surface area contributed by atoms with Crippen LogP contribution in [0.5, 0.6) is 5.75 Å². The molecule has 0 radical (unpaired) electrons. The number of aryl methyl sites for hydroxylation is 1. The van der Waals surface area contributed by atoms with Crippen LogP contribution in [0.4, 0.5) is 4.39 Å². The Morgan fingerprint density at radius 1 is 1.13 bits per heavy atom. The maximum Gasteiger partial charge on any atom is 0.251 e. The number of piperidine rings is 1. The predicted molar refractivity (Wildman–Crippen MR) is 168 cm³/mol. The molecule has 0 bridgehead atoms. The molecule has 0 spiro atoms. The van der Waals surface area contributed by atoms with Gasteiger partial charge in [0.1, 0.15) is 17.3 Å². The molecule has 2 amide bonds. The summed E-state index contributed by atoms with van der Waals surface area (Å²) in [6.45, 7) is 2.93. The molecule has 4 N–H and O–H groups in total. The molecule has 1 saturated heterocycles. The summed E-state index contributed by atoms with van der Waals surface area (Å²) in [4.78, 5) is 33.2. The molecule has 1 aliphatic carbocycles. The number of rotatable bonds is 9. The molecule has 2 fully saturated rings. The molecule has 2 aromatic heterocycles. The molecule has 4 aromatic rings. The minimum Gasteiger partial charge on any atom is -0.496 e. The molecule has 1 saturated carbocycles. The third-order valence-corrected chi connectivity index (χ3v) is 9.05. The van der Waals surface area contributed by atoms with Crippen LogP contribution in [0, 0.1) is 18.7 Å². The number of ether oxygens (including phenoxy) is 1. The zero-order valence-electron chi connectivity index (χ0n) is 25.6. The maximum absolute atomic E-state index is 15.0. The summed E-state index contributed by atoms with van der Waals surface area (Å²) in [6.07, 6.45) is 4.83. The van der Waals surface area contributed by atoms with Gasteiger partial charge in [0, 0.05) is 59.6 Å². The van der Waals surface area contributed by atoms with Gasteiger partial charge in [0.25, 0.3) is 5.91 Å². The molecular formula is C34H39FN6O4. The molecule has 2 aromatic carbocycles. The van der Waals surface area contributed by atoms with Gasteiger partial charge in [0.2, 0.25) is 5.91 Å². The Bertz CT molecular complexity index is 1690. The Balaban J connectivity index is 1.19. The van der Waals surface area contributed by atoms with Crippen molar-refractivity contribution in [2.24, 2.45) is 5.92 Å². The number of carbonyl (C=O) groups is 2. The van der Waals surface area contributed by atoms with E-state index in [2.05, 4.69) is 25.8 Å². The molecule has 11 heteroatoms. The Morgan fingerprint density at radius 2 is 2.00 bits per heavy atom. The van der Waals surface area contributed by atoms with Gasteiger partial charge in [0.05, 0.1) is 24.8 Å². The number of amides is 2. The van der Waals surface area contributed by atoms with E-state index >= 15 is 4.39 Å². The fraction of sp³-hybridized carbons (Fsp3) is 0.412. The van der Waals surface area contributed by atoms with Crippen LogP contribution < -0.4 is 15.4 Å². The van der Waals surface area contributed by atoms with Crippen LogP contribution >= 0.6 is 0 Å². The van der Waals surface area contributed by atoms with Crippen molar-refractivity contribution in [1.82, 2.24) is 30.7 Å². The maximum atomic E-state index is 15.0. The number of aromatic nitrogens is 3. The normalized spacial score (nSPS) is 22.0. The van der Waals surface area contributed by atoms with Gasteiger partial charge >= 0.3 is 0 Å². The number of hydrogen-bond acceptors (Lipinski definition) is 7. The molecular weight excluding hydrogens is 575 g/mol. The van der Waals surface area contributed by atoms with E-state index in [0.717, 1.165) is 40.7 Å². The highest BCUT2D eigenvalue weighted by Gasteiger charge is 2.35. The summed E-state index contributed by atoms with van der Waals surface area (Å²) in [6, 6.07) is 13.2. The fourth-order valence-corrected chi connectivity index (χ4v) is 6.65. The number of carbonyl (C=O) groups excluding carboxylic acids is 2. The smallest absolute Gasteiger partial charge is 0.251 e. The molecule has 0 unspecified atom stereocenters. The van der Waals surface area contributed by atoms with Crippen molar-refractivity contribution in [3.8, 4) is 17.0 Å². The second kappa shape index (κ2) is 13.3. The highest BCUT2D eigenvalue weighted by molar-refractivity contribution is 6.01. The number of fused-ring (bicyclic) bond motifs is 1. The highest BCUT2D eigenvalue weighted by atomic mass is 19.1. The van der Waals surface area contributed by atoms with Gasteiger partial charge in [-0.1, -0.05) is 6.07 Å². The molecule has 45 heavy (non-hydrogen) atoms. The number of aliphatic hydroxyl groups excluding tert-OH is 1. The topological polar surface area (TPSA) is 132 Å². The Kier molecular flexibility index (Phi) is 9.09. The van der Waals surface area contributed by atoms with Gasteiger partial charge in [-0.3, -0.25) is 24.6 Å². The number of H-pyrrole nitrogens is 1. The lowest BCUT2D eigenvalue weighted by Crippen LogP contribution is -2.56. The Hall–Kier alpha value is -4.35. The monoisotopic (exact) mass is 614 g/mol. The zero-order chi connectivity index (χ0) is 31.5. The predicted octanol–water partition coefficient (Wildman–Crippen LogP) is 4.12. The second-order valence-electron chi connectivity index (χ2n) is 12.2. The minimum absolute atomic E-state index is 0.124. The summed E-state index contributed by atoms with van der Waals surface area (Å²) in [7, 11) is 1.50. The van der Waals surface area contributed by atoms with Gasteiger partial charge < -0.3 is 20.5 Å². The fourth-order valence-electron chi connectivity index (χ4n) is 6.65. The van der Waals surface area contributed by atoms with Gasteiger partial charge in [-0.05, 0) is 87.4 Å². The summed E-state index contributed by atoms with van der Waals surface area (Å²) < 4.78 is 20.4. The first-order valence-corrected chi connectivity index (χ1v) is 15.5. The minimum atomic E-state index is -0.498. The van der Waals surface area contributed by atoms with Crippen LogP contribution in [0.3, 0.4) is 0 Å². The number of benzene rings is 2. The first-order chi connectivity index (χ1) is 21.8. The van der Waals surface area contributed by atoms with E-state index in [4.69, 9.17) is 4.74 Å². The van der Waals surface area contributed by atoms with E-state index < -0.39 is 11.9 Å². The zero-order valence-corrected chi connectivity index (χ0v) is 25.6. The SMILES string of the molecule is COc1cccc(F)c1CN1C[C@H](NC(=O)c2ccc3[nH]nc(-c4ccnc(C)c4)c3c2)CC[C@H]1C(=O)NC[C@@H]1CC[C@@H](O)C1. The van der Waals surface area contributed by atoms with Gasteiger partial charge in [-0.25, -0.2) is 4.39 Å². The third kappa shape index (κ3) is 6.84. The number of pyridine rings is 1. The summed E-state index contributed by atoms with van der Waals surface area (Å²) >= 11 is 0. The van der Waals surface area contributed by atoms with Crippen LogP contribution in [0.25, 0.3) is 22.2 Å².